The molecule has 142 valence electrons. The molecule has 1 aliphatic heterocycles. The van der Waals surface area contributed by atoms with Crippen molar-refractivity contribution in [1.29, 1.82) is 0 Å². The van der Waals surface area contributed by atoms with Gasteiger partial charge in [-0.2, -0.15) is 0 Å². The molecule has 0 bridgehead atoms. The molecule has 3 aromatic rings. The van der Waals surface area contributed by atoms with Gasteiger partial charge in [-0.15, -0.1) is 10.2 Å². The van der Waals surface area contributed by atoms with E-state index < -0.39 is 0 Å². The Bertz CT molecular complexity index is 873. The summed E-state index contributed by atoms with van der Waals surface area (Å²) < 4.78 is 7.93. The van der Waals surface area contributed by atoms with Crippen molar-refractivity contribution in [1.82, 2.24) is 19.7 Å². The zero-order valence-electron chi connectivity index (χ0n) is 16.0. The van der Waals surface area contributed by atoms with Crippen molar-refractivity contribution in [2.24, 2.45) is 7.05 Å². The zero-order chi connectivity index (χ0) is 18.6. The van der Waals surface area contributed by atoms with Gasteiger partial charge >= 0.3 is 0 Å². The maximum atomic E-state index is 5.75. The molecule has 4 rings (SSSR count). The molecular weight excluding hydrogens is 356 g/mol. The molecule has 1 fully saturated rings. The highest BCUT2D eigenvalue weighted by Crippen LogP contribution is 2.29. The summed E-state index contributed by atoms with van der Waals surface area (Å²) >= 11 is 1.75. The van der Waals surface area contributed by atoms with Gasteiger partial charge < -0.3 is 8.98 Å². The van der Waals surface area contributed by atoms with Gasteiger partial charge in [0, 0.05) is 25.3 Å². The Labute approximate surface area is 164 Å². The van der Waals surface area contributed by atoms with Crippen molar-refractivity contribution in [2.75, 3.05) is 13.1 Å². The van der Waals surface area contributed by atoms with Gasteiger partial charge in [-0.05, 0) is 44.0 Å². The predicted octanol–water partition coefficient (Wildman–Crippen LogP) is 4.39. The molecule has 0 N–H and O–H groups in total. The molecule has 0 aliphatic carbocycles. The van der Waals surface area contributed by atoms with Crippen LogP contribution in [0.3, 0.4) is 0 Å². The maximum Gasteiger partial charge on any atom is 0.191 e. The van der Waals surface area contributed by atoms with Gasteiger partial charge in [0.2, 0.25) is 0 Å². The van der Waals surface area contributed by atoms with Gasteiger partial charge in [0.1, 0.15) is 17.3 Å². The SMILES string of the molecule is Cc1ccc(CN2CCC[C@H](c3nnc(SCc4ccccc4)n3C)C2)o1. The highest BCUT2D eigenvalue weighted by atomic mass is 32.2. The molecule has 0 saturated carbocycles. The first-order valence-corrected chi connectivity index (χ1v) is 10.5. The molecule has 2 aromatic heterocycles. The van der Waals surface area contributed by atoms with E-state index in [1.807, 2.05) is 19.1 Å². The van der Waals surface area contributed by atoms with Crippen LogP contribution in [0.4, 0.5) is 0 Å². The Hall–Kier alpha value is -2.05. The predicted molar refractivity (Wildman–Crippen MR) is 108 cm³/mol. The number of thioether (sulfide) groups is 1. The zero-order valence-corrected chi connectivity index (χ0v) is 16.8. The second-order valence-corrected chi connectivity index (χ2v) is 8.20. The highest BCUT2D eigenvalue weighted by molar-refractivity contribution is 7.98. The lowest BCUT2D eigenvalue weighted by molar-refractivity contribution is 0.181. The van der Waals surface area contributed by atoms with Crippen LogP contribution in [-0.4, -0.2) is 32.8 Å². The van der Waals surface area contributed by atoms with E-state index in [1.165, 1.54) is 18.4 Å². The summed E-state index contributed by atoms with van der Waals surface area (Å²) in [7, 11) is 2.09. The number of hydrogen-bond acceptors (Lipinski definition) is 5. The van der Waals surface area contributed by atoms with Crippen molar-refractivity contribution in [2.45, 2.75) is 43.1 Å². The lowest BCUT2D eigenvalue weighted by Crippen LogP contribution is -2.34. The second-order valence-electron chi connectivity index (χ2n) is 7.26. The molecule has 6 heteroatoms. The minimum Gasteiger partial charge on any atom is -0.465 e. The first-order valence-electron chi connectivity index (χ1n) is 9.53. The van der Waals surface area contributed by atoms with Crippen molar-refractivity contribution >= 4 is 11.8 Å². The molecule has 0 spiro atoms. The first-order chi connectivity index (χ1) is 13.2. The van der Waals surface area contributed by atoms with Crippen LogP contribution < -0.4 is 0 Å². The number of piperidine rings is 1. The average Bonchev–Trinajstić information content (AvgIpc) is 3.26. The average molecular weight is 383 g/mol. The summed E-state index contributed by atoms with van der Waals surface area (Å²) in [5.74, 6) is 4.47. The van der Waals surface area contributed by atoms with Gasteiger partial charge in [0.15, 0.2) is 5.16 Å². The number of aryl methyl sites for hydroxylation is 1. The fourth-order valence-electron chi connectivity index (χ4n) is 3.73. The largest absolute Gasteiger partial charge is 0.465 e. The van der Waals surface area contributed by atoms with E-state index in [-0.39, 0.29) is 0 Å². The Morgan fingerprint density at radius 1 is 1.15 bits per heavy atom. The second kappa shape index (κ2) is 8.31. The summed E-state index contributed by atoms with van der Waals surface area (Å²) in [5.41, 5.74) is 1.31. The van der Waals surface area contributed by atoms with Crippen LogP contribution in [0.25, 0.3) is 0 Å². The minimum atomic E-state index is 0.429. The van der Waals surface area contributed by atoms with Gasteiger partial charge in [-0.3, -0.25) is 4.90 Å². The van der Waals surface area contributed by atoms with E-state index in [0.29, 0.717) is 5.92 Å². The molecule has 0 radical (unpaired) electrons. The van der Waals surface area contributed by atoms with Crippen LogP contribution in [0, 0.1) is 6.92 Å². The van der Waals surface area contributed by atoms with Crippen molar-refractivity contribution in [3.8, 4) is 0 Å². The number of benzene rings is 1. The van der Waals surface area contributed by atoms with Crippen LogP contribution in [0.1, 0.15) is 41.7 Å². The Kier molecular flexibility index (Phi) is 5.64. The highest BCUT2D eigenvalue weighted by Gasteiger charge is 2.26. The molecular formula is C21H26N4OS. The summed E-state index contributed by atoms with van der Waals surface area (Å²) in [5, 5.41) is 9.99. The molecule has 0 amide bonds. The van der Waals surface area contributed by atoms with Crippen LogP contribution in [-0.2, 0) is 19.3 Å². The summed E-state index contributed by atoms with van der Waals surface area (Å²) in [6.07, 6.45) is 2.35. The Morgan fingerprint density at radius 2 is 2.00 bits per heavy atom. The van der Waals surface area contributed by atoms with Crippen molar-refractivity contribution < 1.29 is 4.42 Å². The maximum absolute atomic E-state index is 5.75. The van der Waals surface area contributed by atoms with Crippen LogP contribution in [0.2, 0.25) is 0 Å². The molecule has 27 heavy (non-hydrogen) atoms. The first kappa shape index (κ1) is 18.3. The van der Waals surface area contributed by atoms with Crippen LogP contribution in [0.5, 0.6) is 0 Å². The molecule has 1 saturated heterocycles. The third-order valence-corrected chi connectivity index (χ3v) is 6.22. The van der Waals surface area contributed by atoms with E-state index in [1.54, 1.807) is 11.8 Å². The standard InChI is InChI=1S/C21H26N4OS/c1-16-10-11-19(26-16)14-25-12-6-9-18(13-25)20-22-23-21(24(20)2)27-15-17-7-4-3-5-8-17/h3-5,7-8,10-11,18H,6,9,12-15H2,1-2H3/t18-/m0/s1. The van der Waals surface area contributed by atoms with E-state index in [2.05, 4.69) is 57.0 Å². The lowest BCUT2D eigenvalue weighted by Gasteiger charge is -2.31. The normalized spacial score (nSPS) is 18.1. The third-order valence-electron chi connectivity index (χ3n) is 5.13. The Balaban J connectivity index is 1.39. The molecule has 1 aromatic carbocycles. The van der Waals surface area contributed by atoms with E-state index >= 15 is 0 Å². The molecule has 0 unspecified atom stereocenters. The topological polar surface area (TPSA) is 47.1 Å². The molecule has 1 aliphatic rings. The van der Waals surface area contributed by atoms with Gasteiger partial charge in [0.25, 0.3) is 0 Å². The smallest absolute Gasteiger partial charge is 0.191 e. The minimum absolute atomic E-state index is 0.429. The Morgan fingerprint density at radius 3 is 2.78 bits per heavy atom. The summed E-state index contributed by atoms with van der Waals surface area (Å²) in [6.45, 7) is 4.99. The fraction of sp³-hybridized carbons (Fsp3) is 0.429. The van der Waals surface area contributed by atoms with Gasteiger partial charge in [-0.1, -0.05) is 42.1 Å². The van der Waals surface area contributed by atoms with Crippen molar-refractivity contribution in [3.05, 3.63) is 65.4 Å². The summed E-state index contributed by atoms with van der Waals surface area (Å²) in [4.78, 5) is 2.47. The third kappa shape index (κ3) is 4.45. The number of nitrogens with zero attached hydrogens (tertiary/aromatic N) is 4. The summed E-state index contributed by atoms with van der Waals surface area (Å²) in [6, 6.07) is 14.6. The molecule has 3 heterocycles. The number of likely N-dealkylation sites (tertiary alicyclic amines) is 1. The number of furan rings is 1. The van der Waals surface area contributed by atoms with Crippen LogP contribution in [0.15, 0.2) is 52.0 Å². The number of rotatable bonds is 6. The van der Waals surface area contributed by atoms with E-state index in [4.69, 9.17) is 4.42 Å². The lowest BCUT2D eigenvalue weighted by atomic mass is 9.97. The number of hydrogen-bond donors (Lipinski definition) is 0. The molecule has 5 nitrogen and oxygen atoms in total. The van der Waals surface area contributed by atoms with Gasteiger partial charge in [0.05, 0.1) is 6.54 Å². The van der Waals surface area contributed by atoms with E-state index in [0.717, 1.165) is 47.9 Å². The van der Waals surface area contributed by atoms with Crippen molar-refractivity contribution in [3.63, 3.8) is 0 Å². The van der Waals surface area contributed by atoms with Crippen LogP contribution >= 0.6 is 11.8 Å². The fourth-order valence-corrected chi connectivity index (χ4v) is 4.60. The quantitative estimate of drug-likeness (QED) is 0.592. The molecule has 1 atom stereocenters. The van der Waals surface area contributed by atoms with Gasteiger partial charge in [-0.25, -0.2) is 0 Å². The monoisotopic (exact) mass is 382 g/mol. The number of aromatic nitrogens is 3. The van der Waals surface area contributed by atoms with E-state index in [9.17, 15) is 0 Å².